The molecule has 8 heteroatoms. The number of piperidine rings is 1. The second-order valence-corrected chi connectivity index (χ2v) is 7.60. The molecule has 1 fully saturated rings. The Bertz CT molecular complexity index is 1060. The maximum atomic E-state index is 12.7. The van der Waals surface area contributed by atoms with Gasteiger partial charge in [-0.25, -0.2) is 4.98 Å². The fourth-order valence-corrected chi connectivity index (χ4v) is 3.82. The van der Waals surface area contributed by atoms with Crippen molar-refractivity contribution >= 4 is 16.6 Å². The van der Waals surface area contributed by atoms with E-state index in [4.69, 9.17) is 4.74 Å². The summed E-state index contributed by atoms with van der Waals surface area (Å²) in [6.07, 6.45) is 6.91. The van der Waals surface area contributed by atoms with Crippen LogP contribution in [0.1, 0.15) is 26.7 Å². The maximum absolute atomic E-state index is 12.7. The summed E-state index contributed by atoms with van der Waals surface area (Å²) < 4.78 is 5.25. The molecular weight excluding hydrogens is 368 g/mol. The van der Waals surface area contributed by atoms with Gasteiger partial charge in [-0.05, 0) is 38.8 Å². The van der Waals surface area contributed by atoms with Gasteiger partial charge in [-0.2, -0.15) is 0 Å². The highest BCUT2D eigenvalue weighted by Gasteiger charge is 2.22. The number of H-pyrrole nitrogens is 1. The van der Waals surface area contributed by atoms with Crippen LogP contribution in [0.4, 0.5) is 5.69 Å². The molecule has 0 saturated carbocycles. The van der Waals surface area contributed by atoms with E-state index in [9.17, 15) is 4.79 Å². The molecule has 0 radical (unpaired) electrons. The Labute approximate surface area is 169 Å². The summed E-state index contributed by atoms with van der Waals surface area (Å²) in [5.74, 6) is 0.819. The van der Waals surface area contributed by atoms with E-state index >= 15 is 0 Å². The normalized spacial score (nSPS) is 15.7. The lowest BCUT2D eigenvalue weighted by Gasteiger charge is -2.35. The highest BCUT2D eigenvalue weighted by atomic mass is 16.5. The smallest absolute Gasteiger partial charge is 0.262 e. The first kappa shape index (κ1) is 19.3. The summed E-state index contributed by atoms with van der Waals surface area (Å²) in [7, 11) is 1.51. The average molecular weight is 394 g/mol. The zero-order valence-electron chi connectivity index (χ0n) is 17.0. The van der Waals surface area contributed by atoms with Crippen molar-refractivity contribution in [1.82, 2.24) is 24.8 Å². The molecule has 8 nitrogen and oxygen atoms in total. The van der Waals surface area contributed by atoms with Crippen molar-refractivity contribution in [3.8, 4) is 17.3 Å². The number of aromatic nitrogens is 4. The summed E-state index contributed by atoms with van der Waals surface area (Å²) in [5, 5.41) is 3.99. The second-order valence-electron chi connectivity index (χ2n) is 7.60. The zero-order chi connectivity index (χ0) is 20.4. The Morgan fingerprint density at radius 2 is 2.07 bits per heavy atom. The van der Waals surface area contributed by atoms with Gasteiger partial charge < -0.3 is 19.9 Å². The van der Waals surface area contributed by atoms with Gasteiger partial charge in [0.15, 0.2) is 11.6 Å². The van der Waals surface area contributed by atoms with Gasteiger partial charge in [-0.15, -0.1) is 0 Å². The van der Waals surface area contributed by atoms with Gasteiger partial charge >= 0.3 is 0 Å². The van der Waals surface area contributed by atoms with Gasteiger partial charge in [0.2, 0.25) is 0 Å². The minimum absolute atomic E-state index is 0.272. The lowest BCUT2D eigenvalue weighted by atomic mass is 10.0. The Hall–Kier alpha value is -3.00. The van der Waals surface area contributed by atoms with Gasteiger partial charge in [0.05, 0.1) is 25.2 Å². The Morgan fingerprint density at radius 3 is 2.79 bits per heavy atom. The number of nitrogens with one attached hydrogen (secondary N) is 2. The molecule has 2 N–H and O–H groups in total. The van der Waals surface area contributed by atoms with Gasteiger partial charge in [-0.3, -0.25) is 14.8 Å². The van der Waals surface area contributed by atoms with Crippen LogP contribution in [-0.2, 0) is 0 Å². The predicted molar refractivity (Wildman–Crippen MR) is 113 cm³/mol. The molecule has 0 spiro atoms. The molecule has 0 bridgehead atoms. The Kier molecular flexibility index (Phi) is 5.44. The van der Waals surface area contributed by atoms with Crippen molar-refractivity contribution in [2.45, 2.75) is 38.8 Å². The van der Waals surface area contributed by atoms with Crippen LogP contribution in [0, 0.1) is 0 Å². The molecule has 29 heavy (non-hydrogen) atoms. The number of likely N-dealkylation sites (tertiary alicyclic amines) is 1. The van der Waals surface area contributed by atoms with Crippen LogP contribution in [0.25, 0.3) is 22.4 Å². The first-order valence-corrected chi connectivity index (χ1v) is 9.95. The zero-order valence-corrected chi connectivity index (χ0v) is 17.0. The van der Waals surface area contributed by atoms with E-state index in [1.165, 1.54) is 13.3 Å². The fourth-order valence-electron chi connectivity index (χ4n) is 3.82. The average Bonchev–Trinajstić information content (AvgIpc) is 2.74. The molecule has 0 amide bonds. The summed E-state index contributed by atoms with van der Waals surface area (Å²) in [6.45, 7) is 6.61. The van der Waals surface area contributed by atoms with Gasteiger partial charge in [-0.1, -0.05) is 0 Å². The number of rotatable bonds is 5. The highest BCUT2D eigenvalue weighted by Crippen LogP contribution is 2.27. The first-order valence-electron chi connectivity index (χ1n) is 9.95. The van der Waals surface area contributed by atoms with Crippen LogP contribution in [0.2, 0.25) is 0 Å². The molecule has 3 aromatic heterocycles. The third-order valence-corrected chi connectivity index (χ3v) is 5.45. The Balaban J connectivity index is 1.65. The van der Waals surface area contributed by atoms with Crippen LogP contribution < -0.4 is 15.6 Å². The molecule has 0 unspecified atom stereocenters. The van der Waals surface area contributed by atoms with Crippen LogP contribution in [0.5, 0.6) is 5.75 Å². The van der Waals surface area contributed by atoms with E-state index in [-0.39, 0.29) is 5.56 Å². The summed E-state index contributed by atoms with van der Waals surface area (Å²) >= 11 is 0. The van der Waals surface area contributed by atoms with E-state index < -0.39 is 0 Å². The molecule has 4 heterocycles. The van der Waals surface area contributed by atoms with Crippen LogP contribution in [0.15, 0.2) is 35.5 Å². The number of anilines is 1. The molecule has 1 aliphatic rings. The minimum Gasteiger partial charge on any atom is -0.494 e. The summed E-state index contributed by atoms with van der Waals surface area (Å²) in [4.78, 5) is 31.2. The van der Waals surface area contributed by atoms with Crippen molar-refractivity contribution in [1.29, 1.82) is 0 Å². The third-order valence-electron chi connectivity index (χ3n) is 5.45. The van der Waals surface area contributed by atoms with Crippen LogP contribution in [-0.4, -0.2) is 57.1 Å². The first-order chi connectivity index (χ1) is 14.1. The highest BCUT2D eigenvalue weighted by molar-refractivity contribution is 5.85. The van der Waals surface area contributed by atoms with Gasteiger partial charge in [0, 0.05) is 31.4 Å². The molecular formula is C21H26N6O2. The molecule has 4 rings (SSSR count). The number of fused-ring (bicyclic) bond motifs is 1. The van der Waals surface area contributed by atoms with E-state index in [2.05, 4.69) is 44.0 Å². The van der Waals surface area contributed by atoms with E-state index in [0.717, 1.165) is 31.6 Å². The minimum atomic E-state index is -0.272. The second kappa shape index (κ2) is 8.16. The lowest BCUT2D eigenvalue weighted by Crippen LogP contribution is -2.42. The number of hydrogen-bond donors (Lipinski definition) is 2. The lowest BCUT2D eigenvalue weighted by molar-refractivity contribution is 0.177. The molecule has 152 valence electrons. The number of aromatic amines is 1. The van der Waals surface area contributed by atoms with Crippen molar-refractivity contribution in [2.75, 3.05) is 25.5 Å². The van der Waals surface area contributed by atoms with Gasteiger partial charge in [0.1, 0.15) is 16.6 Å². The van der Waals surface area contributed by atoms with Crippen molar-refractivity contribution in [3.63, 3.8) is 0 Å². The standard InChI is InChI=1S/C21H26N6O2/c1-13(2)27-9-6-14(7-10-27)24-15-5-4-8-23-19(15)20-25-16-11-22-12-17(29-3)18(16)21(28)26-20/h4-5,8,11-14,24H,6-7,9-10H2,1-3H3,(H,25,26,28). The molecule has 3 aromatic rings. The number of hydrogen-bond acceptors (Lipinski definition) is 7. The van der Waals surface area contributed by atoms with E-state index in [0.29, 0.717) is 40.3 Å². The third kappa shape index (κ3) is 3.93. The number of ether oxygens (including phenoxy) is 1. The number of nitrogens with zero attached hydrogens (tertiary/aromatic N) is 4. The van der Waals surface area contributed by atoms with Crippen LogP contribution >= 0.6 is 0 Å². The van der Waals surface area contributed by atoms with Crippen LogP contribution in [0.3, 0.4) is 0 Å². The maximum Gasteiger partial charge on any atom is 0.262 e. The topological polar surface area (TPSA) is 96.0 Å². The fraction of sp³-hybridized carbons (Fsp3) is 0.429. The van der Waals surface area contributed by atoms with Crippen molar-refractivity contribution < 1.29 is 4.74 Å². The molecule has 1 aliphatic heterocycles. The number of methoxy groups -OCH3 is 1. The summed E-state index contributed by atoms with van der Waals surface area (Å²) in [5.41, 5.74) is 1.70. The SMILES string of the molecule is COc1cncc2nc(-c3ncccc3NC3CCN(C(C)C)CC3)[nH]c(=O)c12. The van der Waals surface area contributed by atoms with Crippen molar-refractivity contribution in [3.05, 3.63) is 41.1 Å². The summed E-state index contributed by atoms with van der Waals surface area (Å²) in [6, 6.07) is 4.80. The van der Waals surface area contributed by atoms with E-state index in [1.54, 1.807) is 12.4 Å². The quantitative estimate of drug-likeness (QED) is 0.687. The van der Waals surface area contributed by atoms with E-state index in [1.807, 2.05) is 12.1 Å². The predicted octanol–water partition coefficient (Wildman–Crippen LogP) is 2.67. The monoisotopic (exact) mass is 394 g/mol. The molecule has 0 aromatic carbocycles. The van der Waals surface area contributed by atoms with Gasteiger partial charge in [0.25, 0.3) is 5.56 Å². The largest absolute Gasteiger partial charge is 0.494 e. The molecule has 0 aliphatic carbocycles. The van der Waals surface area contributed by atoms with Crippen molar-refractivity contribution in [2.24, 2.45) is 0 Å². The molecule has 0 atom stereocenters. The number of pyridine rings is 2. The molecule has 1 saturated heterocycles. The Morgan fingerprint density at radius 1 is 1.28 bits per heavy atom.